The summed E-state index contributed by atoms with van der Waals surface area (Å²) in [4.78, 5) is 20.2. The fourth-order valence-electron chi connectivity index (χ4n) is 7.21. The lowest BCUT2D eigenvalue weighted by Crippen LogP contribution is -2.57. The second kappa shape index (κ2) is 12.6. The van der Waals surface area contributed by atoms with Crippen LogP contribution in [0.3, 0.4) is 0 Å². The molecule has 1 aromatic heterocycles. The molecule has 7 aromatic carbocycles. The lowest BCUT2D eigenvalue weighted by atomic mass is 9.36. The van der Waals surface area contributed by atoms with Gasteiger partial charge in [0.1, 0.15) is 0 Å². The van der Waals surface area contributed by atoms with Crippen molar-refractivity contribution >= 4 is 46.6 Å². The van der Waals surface area contributed by atoms with Crippen LogP contribution in [0.5, 0.6) is 0 Å². The Morgan fingerprint density at radius 1 is 0.314 bits per heavy atom. The Labute approximate surface area is 306 Å². The molecule has 3 heterocycles. The molecule has 0 aliphatic carbocycles. The van der Waals surface area contributed by atoms with Crippen molar-refractivity contribution in [2.45, 2.75) is 19.6 Å². The SMILES string of the molecule is c1ccc(-c2nc(-c3ccccc3)nc(-c3cccc(-c4cccc(-c5cc6c7c(c5)Sc5ccccc5B7c5ccccc5S6)c4)c3)n2)cc1. The van der Waals surface area contributed by atoms with Crippen molar-refractivity contribution in [3.05, 3.63) is 170 Å². The minimum absolute atomic E-state index is 0.258. The van der Waals surface area contributed by atoms with E-state index in [1.54, 1.807) is 0 Å². The largest absolute Gasteiger partial charge is 0.247 e. The van der Waals surface area contributed by atoms with Crippen LogP contribution < -0.4 is 16.4 Å². The lowest BCUT2D eigenvalue weighted by molar-refractivity contribution is 1.07. The van der Waals surface area contributed by atoms with E-state index in [1.807, 2.05) is 84.2 Å². The third-order valence-corrected chi connectivity index (χ3v) is 11.9. The minimum atomic E-state index is 0.258. The third kappa shape index (κ3) is 5.48. The van der Waals surface area contributed by atoms with Crippen LogP contribution in [0.25, 0.3) is 56.4 Å². The molecule has 51 heavy (non-hydrogen) atoms. The van der Waals surface area contributed by atoms with Gasteiger partial charge in [0.05, 0.1) is 0 Å². The number of benzene rings is 7. The molecule has 0 unspecified atom stereocenters. The maximum absolute atomic E-state index is 4.98. The maximum atomic E-state index is 4.98. The summed E-state index contributed by atoms with van der Waals surface area (Å²) in [5, 5.41) is 0. The second-order valence-electron chi connectivity index (χ2n) is 12.8. The van der Waals surface area contributed by atoms with Crippen molar-refractivity contribution in [2.24, 2.45) is 0 Å². The van der Waals surface area contributed by atoms with Gasteiger partial charge in [-0.2, -0.15) is 0 Å². The predicted molar refractivity (Wildman–Crippen MR) is 213 cm³/mol. The number of hydrogen-bond donors (Lipinski definition) is 0. The monoisotopic (exact) mass is 685 g/mol. The van der Waals surface area contributed by atoms with E-state index in [4.69, 9.17) is 15.0 Å². The fourth-order valence-corrected chi connectivity index (χ4v) is 9.70. The molecule has 3 nitrogen and oxygen atoms in total. The van der Waals surface area contributed by atoms with Crippen molar-refractivity contribution in [3.63, 3.8) is 0 Å². The molecule has 10 rings (SSSR count). The van der Waals surface area contributed by atoms with Crippen LogP contribution in [0.15, 0.2) is 189 Å². The van der Waals surface area contributed by atoms with Crippen molar-refractivity contribution in [1.29, 1.82) is 0 Å². The topological polar surface area (TPSA) is 38.7 Å². The third-order valence-electron chi connectivity index (χ3n) is 9.64. The van der Waals surface area contributed by atoms with Gasteiger partial charge in [-0.15, -0.1) is 0 Å². The van der Waals surface area contributed by atoms with Crippen molar-refractivity contribution in [1.82, 2.24) is 15.0 Å². The normalized spacial score (nSPS) is 12.5. The number of fused-ring (bicyclic) bond motifs is 4. The molecule has 0 radical (unpaired) electrons. The molecule has 0 spiro atoms. The van der Waals surface area contributed by atoms with Crippen molar-refractivity contribution < 1.29 is 0 Å². The van der Waals surface area contributed by atoms with Crippen LogP contribution in [-0.4, -0.2) is 21.7 Å². The molecular formula is C45H28BN3S2. The summed E-state index contributed by atoms with van der Waals surface area (Å²) in [7, 11) is 0. The Morgan fingerprint density at radius 2 is 0.706 bits per heavy atom. The highest BCUT2D eigenvalue weighted by Crippen LogP contribution is 2.41. The molecule has 6 heteroatoms. The highest BCUT2D eigenvalue weighted by atomic mass is 32.2. The van der Waals surface area contributed by atoms with Gasteiger partial charge in [-0.25, -0.2) is 15.0 Å². The summed E-state index contributed by atoms with van der Waals surface area (Å²) >= 11 is 3.80. The molecule has 8 aromatic rings. The number of rotatable bonds is 5. The number of nitrogens with zero attached hydrogens (tertiary/aromatic N) is 3. The highest BCUT2D eigenvalue weighted by molar-refractivity contribution is 8.01. The van der Waals surface area contributed by atoms with Gasteiger partial charge in [-0.05, 0) is 64.1 Å². The summed E-state index contributed by atoms with van der Waals surface area (Å²) in [5.74, 6) is 1.97. The van der Waals surface area contributed by atoms with Gasteiger partial charge in [0.2, 0.25) is 6.71 Å². The van der Waals surface area contributed by atoms with E-state index in [1.165, 1.54) is 47.1 Å². The first kappa shape index (κ1) is 30.2. The average molecular weight is 686 g/mol. The van der Waals surface area contributed by atoms with E-state index in [2.05, 4.69) is 109 Å². The van der Waals surface area contributed by atoms with Crippen molar-refractivity contribution in [3.8, 4) is 56.4 Å². The Kier molecular flexibility index (Phi) is 7.44. The summed E-state index contributed by atoms with van der Waals surface area (Å²) in [6.45, 7) is 0.258. The van der Waals surface area contributed by atoms with Crippen LogP contribution in [0, 0.1) is 0 Å². The van der Waals surface area contributed by atoms with E-state index in [-0.39, 0.29) is 6.71 Å². The van der Waals surface area contributed by atoms with Gasteiger partial charge in [0, 0.05) is 36.3 Å². The van der Waals surface area contributed by atoms with E-state index in [0.29, 0.717) is 17.5 Å². The first-order valence-electron chi connectivity index (χ1n) is 17.0. The second-order valence-corrected chi connectivity index (χ2v) is 15.0. The Morgan fingerprint density at radius 3 is 1.24 bits per heavy atom. The molecule has 2 aliphatic rings. The molecule has 0 fully saturated rings. The molecule has 2 aliphatic heterocycles. The smallest absolute Gasteiger partial charge is 0.208 e. The lowest BCUT2D eigenvalue weighted by Gasteiger charge is -2.33. The Hall–Kier alpha value is -5.69. The van der Waals surface area contributed by atoms with Gasteiger partial charge in [0.15, 0.2) is 17.5 Å². The van der Waals surface area contributed by atoms with Gasteiger partial charge in [-0.1, -0.05) is 168 Å². The quantitative estimate of drug-likeness (QED) is 0.169. The van der Waals surface area contributed by atoms with E-state index in [0.717, 1.165) is 27.8 Å². The molecule has 0 atom stereocenters. The zero-order chi connectivity index (χ0) is 33.7. The molecule has 0 amide bonds. The Balaban J connectivity index is 1.05. The van der Waals surface area contributed by atoms with E-state index >= 15 is 0 Å². The molecule has 0 saturated heterocycles. The summed E-state index contributed by atoms with van der Waals surface area (Å²) in [6.07, 6.45) is 0. The highest BCUT2D eigenvalue weighted by Gasteiger charge is 2.38. The molecule has 0 bridgehead atoms. The van der Waals surface area contributed by atoms with Crippen molar-refractivity contribution in [2.75, 3.05) is 0 Å². The number of hydrogen-bond acceptors (Lipinski definition) is 5. The minimum Gasteiger partial charge on any atom is -0.208 e. The van der Waals surface area contributed by atoms with Crippen LogP contribution in [0.1, 0.15) is 0 Å². The zero-order valence-corrected chi connectivity index (χ0v) is 29.0. The van der Waals surface area contributed by atoms with Crippen LogP contribution in [0.2, 0.25) is 0 Å². The van der Waals surface area contributed by atoms with E-state index < -0.39 is 0 Å². The van der Waals surface area contributed by atoms with Crippen LogP contribution >= 0.6 is 23.5 Å². The van der Waals surface area contributed by atoms with Gasteiger partial charge < -0.3 is 0 Å². The van der Waals surface area contributed by atoms with Gasteiger partial charge in [-0.3, -0.25) is 0 Å². The predicted octanol–water partition coefficient (Wildman–Crippen LogP) is 9.65. The molecule has 0 saturated carbocycles. The molecule has 0 N–H and O–H groups in total. The van der Waals surface area contributed by atoms with Gasteiger partial charge >= 0.3 is 0 Å². The van der Waals surface area contributed by atoms with E-state index in [9.17, 15) is 0 Å². The molecular weight excluding hydrogens is 657 g/mol. The summed E-state index contributed by atoms with van der Waals surface area (Å²) in [6, 6.07) is 60.3. The summed E-state index contributed by atoms with van der Waals surface area (Å²) in [5.41, 5.74) is 11.8. The zero-order valence-electron chi connectivity index (χ0n) is 27.4. The molecule has 238 valence electrons. The first-order valence-corrected chi connectivity index (χ1v) is 18.7. The van der Waals surface area contributed by atoms with Gasteiger partial charge in [0.25, 0.3) is 0 Å². The average Bonchev–Trinajstić information content (AvgIpc) is 3.21. The van der Waals surface area contributed by atoms with Crippen LogP contribution in [0.4, 0.5) is 0 Å². The first-order chi connectivity index (χ1) is 25.2. The maximum Gasteiger partial charge on any atom is 0.247 e. The summed E-state index contributed by atoms with van der Waals surface area (Å²) < 4.78 is 0. The standard InChI is InChI=1S/C45H28BN3S2/c1-3-13-29(14-4-1)43-47-44(30-15-5-2-6-16-30)49-45(48-43)34-20-12-18-32(26-34)31-17-11-19-33(25-31)35-27-40-42-41(28-35)51-39-24-10-8-22-37(39)46(42)36-21-7-9-23-38(36)50-40/h1-28H. The number of aromatic nitrogens is 3. The van der Waals surface area contributed by atoms with Crippen LogP contribution in [-0.2, 0) is 0 Å². The fraction of sp³-hybridized carbons (Fsp3) is 0. The Bertz CT molecular complexity index is 2480.